The van der Waals surface area contributed by atoms with Gasteiger partial charge in [-0.05, 0) is 53.6 Å². The number of nitrogens with one attached hydrogen (secondary N) is 1. The van der Waals surface area contributed by atoms with Gasteiger partial charge < -0.3 is 19.5 Å². The maximum absolute atomic E-state index is 13.0. The molecular weight excluding hydrogens is 416 g/mol. The molecule has 0 atom stereocenters. The van der Waals surface area contributed by atoms with Gasteiger partial charge in [-0.1, -0.05) is 35.3 Å². The SMILES string of the molecule is COc1ccc(NCc2cc(Cl)c(OCc3ccc(F)cc3)c(OC)c2)cc1Cl. The molecule has 1 N–H and O–H groups in total. The second-order valence-corrected chi connectivity index (χ2v) is 7.04. The Kier molecular flexibility index (Phi) is 7.07. The maximum Gasteiger partial charge on any atom is 0.180 e. The van der Waals surface area contributed by atoms with Gasteiger partial charge in [-0.25, -0.2) is 4.39 Å². The summed E-state index contributed by atoms with van der Waals surface area (Å²) in [7, 11) is 3.12. The highest BCUT2D eigenvalue weighted by Gasteiger charge is 2.13. The van der Waals surface area contributed by atoms with Crippen molar-refractivity contribution in [3.63, 3.8) is 0 Å². The van der Waals surface area contributed by atoms with Crippen molar-refractivity contribution in [2.75, 3.05) is 19.5 Å². The van der Waals surface area contributed by atoms with Crippen LogP contribution >= 0.6 is 23.2 Å². The average Bonchev–Trinajstić information content (AvgIpc) is 2.72. The van der Waals surface area contributed by atoms with E-state index in [1.807, 2.05) is 18.2 Å². The summed E-state index contributed by atoms with van der Waals surface area (Å²) in [6.07, 6.45) is 0. The number of benzene rings is 3. The molecule has 0 aromatic heterocycles. The van der Waals surface area contributed by atoms with Crippen molar-refractivity contribution in [2.24, 2.45) is 0 Å². The monoisotopic (exact) mass is 435 g/mol. The molecule has 0 radical (unpaired) electrons. The molecule has 0 bridgehead atoms. The Hall–Kier alpha value is -2.63. The summed E-state index contributed by atoms with van der Waals surface area (Å²) in [5, 5.41) is 4.24. The summed E-state index contributed by atoms with van der Waals surface area (Å²) in [4.78, 5) is 0. The van der Waals surface area contributed by atoms with Crippen LogP contribution in [0.25, 0.3) is 0 Å². The van der Waals surface area contributed by atoms with Crippen LogP contribution in [0.2, 0.25) is 10.0 Å². The predicted molar refractivity (Wildman–Crippen MR) is 114 cm³/mol. The van der Waals surface area contributed by atoms with E-state index in [0.717, 1.165) is 16.8 Å². The van der Waals surface area contributed by atoms with Crippen LogP contribution in [0, 0.1) is 5.82 Å². The van der Waals surface area contributed by atoms with Crippen molar-refractivity contribution in [1.82, 2.24) is 0 Å². The van der Waals surface area contributed by atoms with Crippen LogP contribution in [-0.2, 0) is 13.2 Å². The number of halogens is 3. The quantitative estimate of drug-likeness (QED) is 0.447. The fourth-order valence-electron chi connectivity index (χ4n) is 2.73. The van der Waals surface area contributed by atoms with E-state index in [4.69, 9.17) is 37.4 Å². The zero-order valence-electron chi connectivity index (χ0n) is 16.0. The van der Waals surface area contributed by atoms with Crippen molar-refractivity contribution < 1.29 is 18.6 Å². The fraction of sp³-hybridized carbons (Fsp3) is 0.182. The van der Waals surface area contributed by atoms with E-state index >= 15 is 0 Å². The maximum atomic E-state index is 13.0. The first-order valence-electron chi connectivity index (χ1n) is 8.81. The molecule has 0 fully saturated rings. The molecule has 0 saturated heterocycles. The lowest BCUT2D eigenvalue weighted by atomic mass is 10.2. The number of methoxy groups -OCH3 is 2. The molecule has 0 saturated carbocycles. The van der Waals surface area contributed by atoms with Crippen LogP contribution in [0.1, 0.15) is 11.1 Å². The van der Waals surface area contributed by atoms with Crippen molar-refractivity contribution >= 4 is 28.9 Å². The largest absolute Gasteiger partial charge is 0.495 e. The second-order valence-electron chi connectivity index (χ2n) is 6.23. The van der Waals surface area contributed by atoms with Gasteiger partial charge in [0, 0.05) is 12.2 Å². The zero-order valence-corrected chi connectivity index (χ0v) is 17.5. The number of hydrogen-bond acceptors (Lipinski definition) is 4. The molecule has 0 aliphatic heterocycles. The molecule has 3 aromatic rings. The summed E-state index contributed by atoms with van der Waals surface area (Å²) in [6, 6.07) is 15.2. The van der Waals surface area contributed by atoms with Gasteiger partial charge in [0.2, 0.25) is 0 Å². The summed E-state index contributed by atoms with van der Waals surface area (Å²) in [5.74, 6) is 1.28. The molecule has 152 valence electrons. The molecule has 0 amide bonds. The van der Waals surface area contributed by atoms with Crippen LogP contribution in [0.3, 0.4) is 0 Å². The van der Waals surface area contributed by atoms with Crippen LogP contribution < -0.4 is 19.5 Å². The molecule has 0 spiro atoms. The van der Waals surface area contributed by atoms with E-state index in [0.29, 0.717) is 33.8 Å². The van der Waals surface area contributed by atoms with Gasteiger partial charge in [-0.3, -0.25) is 0 Å². The van der Waals surface area contributed by atoms with E-state index < -0.39 is 0 Å². The van der Waals surface area contributed by atoms with E-state index in [9.17, 15) is 4.39 Å². The fourth-order valence-corrected chi connectivity index (χ4v) is 3.28. The minimum Gasteiger partial charge on any atom is -0.495 e. The zero-order chi connectivity index (χ0) is 20.8. The molecule has 29 heavy (non-hydrogen) atoms. The third-order valence-electron chi connectivity index (χ3n) is 4.23. The van der Waals surface area contributed by atoms with E-state index in [1.54, 1.807) is 38.5 Å². The molecule has 3 aromatic carbocycles. The summed E-state index contributed by atoms with van der Waals surface area (Å²) in [6.45, 7) is 0.759. The molecule has 3 rings (SSSR count). The highest BCUT2D eigenvalue weighted by Crippen LogP contribution is 2.37. The minimum atomic E-state index is -0.292. The number of anilines is 1. The van der Waals surface area contributed by atoms with E-state index in [1.165, 1.54) is 12.1 Å². The molecule has 0 aliphatic carbocycles. The van der Waals surface area contributed by atoms with Crippen LogP contribution in [0.5, 0.6) is 17.2 Å². The van der Waals surface area contributed by atoms with Gasteiger partial charge >= 0.3 is 0 Å². The van der Waals surface area contributed by atoms with Gasteiger partial charge in [-0.2, -0.15) is 0 Å². The normalized spacial score (nSPS) is 10.5. The minimum absolute atomic E-state index is 0.248. The molecule has 0 unspecified atom stereocenters. The highest BCUT2D eigenvalue weighted by molar-refractivity contribution is 6.32. The highest BCUT2D eigenvalue weighted by atomic mass is 35.5. The Bertz CT molecular complexity index is 981. The van der Waals surface area contributed by atoms with Crippen LogP contribution in [-0.4, -0.2) is 14.2 Å². The number of hydrogen-bond donors (Lipinski definition) is 1. The number of ether oxygens (including phenoxy) is 3. The van der Waals surface area contributed by atoms with Crippen molar-refractivity contribution in [3.05, 3.63) is 81.6 Å². The Morgan fingerprint density at radius 1 is 0.828 bits per heavy atom. The second kappa shape index (κ2) is 9.72. The lowest BCUT2D eigenvalue weighted by Crippen LogP contribution is -2.03. The van der Waals surface area contributed by atoms with Crippen LogP contribution in [0.4, 0.5) is 10.1 Å². The Morgan fingerprint density at radius 2 is 1.55 bits per heavy atom. The average molecular weight is 436 g/mol. The predicted octanol–water partition coefficient (Wildman–Crippen LogP) is 6.34. The van der Waals surface area contributed by atoms with Crippen molar-refractivity contribution in [1.29, 1.82) is 0 Å². The Balaban J connectivity index is 1.70. The summed E-state index contributed by atoms with van der Waals surface area (Å²) >= 11 is 12.6. The van der Waals surface area contributed by atoms with Crippen molar-refractivity contribution in [2.45, 2.75) is 13.2 Å². The molecular formula is C22H20Cl2FNO3. The standard InChI is InChI=1S/C22H20Cl2FNO3/c1-27-20-8-7-17(11-18(20)23)26-12-15-9-19(24)22(21(10-15)28-2)29-13-14-3-5-16(25)6-4-14/h3-11,26H,12-13H2,1-2H3. The lowest BCUT2D eigenvalue weighted by Gasteiger charge is -2.15. The van der Waals surface area contributed by atoms with Crippen molar-refractivity contribution in [3.8, 4) is 17.2 Å². The topological polar surface area (TPSA) is 39.7 Å². The first-order valence-corrected chi connectivity index (χ1v) is 9.57. The first-order chi connectivity index (χ1) is 14.0. The third kappa shape index (κ3) is 5.46. The van der Waals surface area contributed by atoms with Gasteiger partial charge in [0.1, 0.15) is 18.2 Å². The molecule has 0 aliphatic rings. The third-order valence-corrected chi connectivity index (χ3v) is 4.81. The molecule has 7 heteroatoms. The first kappa shape index (κ1) is 21.1. The van der Waals surface area contributed by atoms with Gasteiger partial charge in [-0.15, -0.1) is 0 Å². The van der Waals surface area contributed by atoms with Crippen LogP contribution in [0.15, 0.2) is 54.6 Å². The molecule has 4 nitrogen and oxygen atoms in total. The van der Waals surface area contributed by atoms with E-state index in [2.05, 4.69) is 5.32 Å². The summed E-state index contributed by atoms with van der Waals surface area (Å²) < 4.78 is 29.4. The molecule has 0 heterocycles. The summed E-state index contributed by atoms with van der Waals surface area (Å²) in [5.41, 5.74) is 2.59. The lowest BCUT2D eigenvalue weighted by molar-refractivity contribution is 0.284. The van der Waals surface area contributed by atoms with Gasteiger partial charge in [0.15, 0.2) is 11.5 Å². The Labute approximate surface area is 179 Å². The number of rotatable bonds is 8. The van der Waals surface area contributed by atoms with Gasteiger partial charge in [0.05, 0.1) is 24.3 Å². The smallest absolute Gasteiger partial charge is 0.180 e. The van der Waals surface area contributed by atoms with E-state index in [-0.39, 0.29) is 12.4 Å². The Morgan fingerprint density at radius 3 is 2.21 bits per heavy atom. The van der Waals surface area contributed by atoms with Gasteiger partial charge in [0.25, 0.3) is 0 Å².